The van der Waals surface area contributed by atoms with E-state index in [0.717, 1.165) is 58.3 Å². The van der Waals surface area contributed by atoms with E-state index in [1.54, 1.807) is 4.90 Å². The summed E-state index contributed by atoms with van der Waals surface area (Å²) in [7, 11) is 0. The molecule has 3 atom stereocenters. The molecule has 5 aliphatic rings. The number of nitrogens with two attached hydrogens (primary N) is 1. The van der Waals surface area contributed by atoms with Crippen LogP contribution in [0.5, 0.6) is 0 Å². The van der Waals surface area contributed by atoms with Crippen molar-refractivity contribution >= 4 is 34.2 Å². The van der Waals surface area contributed by atoms with Gasteiger partial charge in [0.15, 0.2) is 5.78 Å². The van der Waals surface area contributed by atoms with Crippen LogP contribution in [-0.2, 0) is 11.2 Å². The van der Waals surface area contributed by atoms with Gasteiger partial charge >= 0.3 is 6.03 Å². The van der Waals surface area contributed by atoms with Crippen LogP contribution in [0.25, 0.3) is 10.9 Å². The van der Waals surface area contributed by atoms with E-state index in [4.69, 9.17) is 5.73 Å². The van der Waals surface area contributed by atoms with Gasteiger partial charge in [-0.2, -0.15) is 0 Å². The first-order valence-corrected chi connectivity index (χ1v) is 11.1. The zero-order valence-corrected chi connectivity index (χ0v) is 17.4. The first-order chi connectivity index (χ1) is 15.5. The monoisotopic (exact) mass is 426 g/mol. The average Bonchev–Trinajstić information content (AvgIpc) is 3.13. The van der Waals surface area contributed by atoms with E-state index >= 15 is 0 Å². The predicted octanol–water partition coefficient (Wildman–Crippen LogP) is 2.88. The third-order valence-corrected chi connectivity index (χ3v) is 8.04. The number of allylic oxidation sites excluding steroid dienone is 6. The molecule has 7 rings (SSSR count). The number of aromatic amines is 1. The van der Waals surface area contributed by atoms with Crippen molar-refractivity contribution in [2.24, 2.45) is 17.1 Å². The van der Waals surface area contributed by atoms with Gasteiger partial charge in [0.2, 0.25) is 5.78 Å². The Hall–Kier alpha value is -3.61. The number of anilines is 1. The largest absolute Gasteiger partial charge is 0.378 e. The standard InChI is InChI=1S/C25H22N4O3/c26-24(32)29-7-6-13-14-9-18(27-17(14)4-5-19(13)29)23(31)22-16-11-25(16)10-15-12(8-21(25)28-22)2-1-3-20(15)30/h1-2,4-5,8-9,16,22,27-28H,3,6-7,10-11H2,(H2,26,32). The number of benzene rings is 1. The van der Waals surface area contributed by atoms with Crippen LogP contribution in [0.2, 0.25) is 0 Å². The topological polar surface area (TPSA) is 108 Å². The third-order valence-electron chi connectivity index (χ3n) is 8.04. The maximum Gasteiger partial charge on any atom is 0.319 e. The van der Waals surface area contributed by atoms with E-state index in [0.29, 0.717) is 18.7 Å². The fraction of sp³-hybridized carbons (Fsp3) is 0.320. The van der Waals surface area contributed by atoms with Crippen LogP contribution in [-0.4, -0.2) is 35.2 Å². The molecule has 160 valence electrons. The zero-order chi connectivity index (χ0) is 21.8. The number of carbonyl (C=O) groups excluding carboxylic acids is 3. The molecule has 1 aromatic carbocycles. The lowest BCUT2D eigenvalue weighted by atomic mass is 9.80. The number of aromatic nitrogens is 1. The molecule has 3 heterocycles. The lowest BCUT2D eigenvalue weighted by molar-refractivity contribution is -0.115. The number of nitrogens with one attached hydrogen (secondary N) is 2. The van der Waals surface area contributed by atoms with Crippen molar-refractivity contribution in [1.29, 1.82) is 0 Å². The summed E-state index contributed by atoms with van der Waals surface area (Å²) in [6.45, 7) is 0.562. The molecule has 2 fully saturated rings. The number of amides is 2. The van der Waals surface area contributed by atoms with E-state index in [1.807, 2.05) is 30.4 Å². The molecule has 3 unspecified atom stereocenters. The number of Topliss-reactive ketones (excluding diaryl/α,β-unsaturated/α-hetero) is 2. The van der Waals surface area contributed by atoms with Crippen molar-refractivity contribution < 1.29 is 14.4 Å². The minimum absolute atomic E-state index is 0.0525. The van der Waals surface area contributed by atoms with Gasteiger partial charge in [0.25, 0.3) is 0 Å². The molecule has 0 radical (unpaired) electrons. The van der Waals surface area contributed by atoms with Gasteiger partial charge < -0.3 is 16.0 Å². The third kappa shape index (κ3) is 2.18. The number of ketones is 2. The number of H-pyrrole nitrogens is 1. The summed E-state index contributed by atoms with van der Waals surface area (Å²) in [6, 6.07) is 4.98. The summed E-state index contributed by atoms with van der Waals surface area (Å²) in [5, 5.41) is 4.47. The zero-order valence-electron chi connectivity index (χ0n) is 17.4. The van der Waals surface area contributed by atoms with Crippen molar-refractivity contribution in [3.05, 3.63) is 64.5 Å². The van der Waals surface area contributed by atoms with E-state index in [-0.39, 0.29) is 28.9 Å². The molecule has 2 aromatic rings. The van der Waals surface area contributed by atoms with Gasteiger partial charge in [-0.05, 0) is 60.6 Å². The Bertz CT molecular complexity index is 1380. The molecule has 2 amide bonds. The maximum absolute atomic E-state index is 13.5. The molecule has 4 N–H and O–H groups in total. The van der Waals surface area contributed by atoms with E-state index in [2.05, 4.69) is 16.4 Å². The summed E-state index contributed by atoms with van der Waals surface area (Å²) < 4.78 is 0. The summed E-state index contributed by atoms with van der Waals surface area (Å²) in [5.41, 5.74) is 11.8. The van der Waals surface area contributed by atoms with Crippen LogP contribution in [0.3, 0.4) is 0 Å². The lowest BCUT2D eigenvalue weighted by Crippen LogP contribution is -2.34. The highest BCUT2D eigenvalue weighted by atomic mass is 16.2. The number of urea groups is 1. The minimum Gasteiger partial charge on any atom is -0.378 e. The first-order valence-electron chi connectivity index (χ1n) is 11.1. The quantitative estimate of drug-likeness (QED) is 0.642. The highest BCUT2D eigenvalue weighted by molar-refractivity contribution is 6.06. The minimum atomic E-state index is -0.454. The van der Waals surface area contributed by atoms with Crippen LogP contribution in [0, 0.1) is 11.3 Å². The van der Waals surface area contributed by atoms with Crippen LogP contribution in [0.1, 0.15) is 35.3 Å². The van der Waals surface area contributed by atoms with Crippen LogP contribution < -0.4 is 16.0 Å². The van der Waals surface area contributed by atoms with Crippen LogP contribution in [0.4, 0.5) is 10.5 Å². The van der Waals surface area contributed by atoms with Crippen molar-refractivity contribution in [3.8, 4) is 0 Å². The summed E-state index contributed by atoms with van der Waals surface area (Å²) in [6.07, 6.45) is 8.90. The van der Waals surface area contributed by atoms with Crippen LogP contribution >= 0.6 is 0 Å². The average molecular weight is 426 g/mol. The van der Waals surface area contributed by atoms with Gasteiger partial charge in [0.05, 0.1) is 11.7 Å². The van der Waals surface area contributed by atoms with Gasteiger partial charge in [-0.3, -0.25) is 14.5 Å². The normalized spacial score (nSPS) is 29.3. The van der Waals surface area contributed by atoms with Gasteiger partial charge in [-0.1, -0.05) is 12.2 Å². The molecule has 1 saturated heterocycles. The fourth-order valence-electron chi connectivity index (χ4n) is 6.35. The molecule has 32 heavy (non-hydrogen) atoms. The number of primary amides is 1. The Balaban J connectivity index is 1.21. The molecule has 2 aliphatic heterocycles. The molecular formula is C25H22N4O3. The number of fused-ring (bicyclic) bond motifs is 3. The number of carbonyl (C=O) groups is 3. The SMILES string of the molecule is NC(=O)N1CCc2c1ccc1[nH]c(C(=O)C3NC4=CC5=C(CC46CC36)C(=O)CC=C5)cc21. The molecule has 1 saturated carbocycles. The van der Waals surface area contributed by atoms with Crippen molar-refractivity contribution in [3.63, 3.8) is 0 Å². The Morgan fingerprint density at radius 3 is 2.97 bits per heavy atom. The molecule has 1 aromatic heterocycles. The second-order valence-electron chi connectivity index (χ2n) is 9.60. The van der Waals surface area contributed by atoms with Crippen molar-refractivity contribution in [2.75, 3.05) is 11.4 Å². The fourth-order valence-corrected chi connectivity index (χ4v) is 6.35. The Morgan fingerprint density at radius 1 is 1.25 bits per heavy atom. The van der Waals surface area contributed by atoms with Gasteiger partial charge in [0, 0.05) is 46.2 Å². The van der Waals surface area contributed by atoms with Crippen LogP contribution in [0.15, 0.2) is 53.3 Å². The van der Waals surface area contributed by atoms with Crippen molar-refractivity contribution in [2.45, 2.75) is 31.7 Å². The summed E-state index contributed by atoms with van der Waals surface area (Å²) >= 11 is 0. The van der Waals surface area contributed by atoms with Gasteiger partial charge in [0.1, 0.15) is 0 Å². The maximum atomic E-state index is 13.5. The molecule has 7 heteroatoms. The molecule has 7 nitrogen and oxygen atoms in total. The number of hydrogen-bond acceptors (Lipinski definition) is 4. The molecule has 1 spiro atoms. The number of nitrogens with zero attached hydrogens (tertiary/aromatic N) is 1. The van der Waals surface area contributed by atoms with E-state index < -0.39 is 6.03 Å². The highest BCUT2D eigenvalue weighted by Gasteiger charge is 2.67. The number of piperidine rings is 1. The highest BCUT2D eigenvalue weighted by Crippen LogP contribution is 2.68. The number of hydrogen-bond donors (Lipinski definition) is 3. The Labute approximate surface area is 184 Å². The summed E-state index contributed by atoms with van der Waals surface area (Å²) in [5.74, 6) is 0.482. The predicted molar refractivity (Wildman–Crippen MR) is 119 cm³/mol. The second kappa shape index (κ2) is 5.79. The van der Waals surface area contributed by atoms with E-state index in [9.17, 15) is 14.4 Å². The smallest absolute Gasteiger partial charge is 0.319 e. The van der Waals surface area contributed by atoms with Gasteiger partial charge in [-0.15, -0.1) is 0 Å². The number of rotatable bonds is 2. The Morgan fingerprint density at radius 2 is 2.12 bits per heavy atom. The second-order valence-corrected chi connectivity index (χ2v) is 9.60. The summed E-state index contributed by atoms with van der Waals surface area (Å²) in [4.78, 5) is 42.5. The van der Waals surface area contributed by atoms with E-state index in [1.165, 1.54) is 0 Å². The Kier molecular flexibility index (Phi) is 3.26. The first kappa shape index (κ1) is 18.0. The lowest BCUT2D eigenvalue weighted by Gasteiger charge is -2.26. The molecular weight excluding hydrogens is 404 g/mol. The van der Waals surface area contributed by atoms with Crippen molar-refractivity contribution in [1.82, 2.24) is 10.3 Å². The molecule has 0 bridgehead atoms. The van der Waals surface area contributed by atoms with Gasteiger partial charge in [-0.25, -0.2) is 4.79 Å². The molecule has 3 aliphatic carbocycles.